The van der Waals surface area contributed by atoms with Crippen LogP contribution in [0.5, 0.6) is 0 Å². The van der Waals surface area contributed by atoms with Gasteiger partial charge in [0.05, 0.1) is 6.54 Å². The summed E-state index contributed by atoms with van der Waals surface area (Å²) in [6, 6.07) is 16.5. The number of hydrogen-bond donors (Lipinski definition) is 0. The van der Waals surface area contributed by atoms with Crippen molar-refractivity contribution in [3.8, 4) is 0 Å². The first-order chi connectivity index (χ1) is 12.3. The van der Waals surface area contributed by atoms with Crippen molar-refractivity contribution in [2.75, 3.05) is 0 Å². The molecule has 0 amide bonds. The highest BCUT2D eigenvalue weighted by Crippen LogP contribution is 2.26. The van der Waals surface area contributed by atoms with Crippen molar-refractivity contribution in [2.24, 2.45) is 0 Å². The molecule has 124 valence electrons. The van der Waals surface area contributed by atoms with Crippen LogP contribution >= 0.6 is 11.8 Å². The van der Waals surface area contributed by atoms with Crippen molar-refractivity contribution in [2.45, 2.75) is 17.3 Å². The Morgan fingerprint density at radius 3 is 2.52 bits per heavy atom. The summed E-state index contributed by atoms with van der Waals surface area (Å²) in [6.45, 7) is 0.483. The van der Waals surface area contributed by atoms with Gasteiger partial charge in [0.15, 0.2) is 11.2 Å². The van der Waals surface area contributed by atoms with Crippen molar-refractivity contribution in [1.82, 2.24) is 25.0 Å². The van der Waals surface area contributed by atoms with Crippen molar-refractivity contribution in [1.29, 1.82) is 0 Å². The summed E-state index contributed by atoms with van der Waals surface area (Å²) in [7, 11) is 0. The minimum absolute atomic E-state index is 0.255. The van der Waals surface area contributed by atoms with Crippen molar-refractivity contribution >= 4 is 22.9 Å². The van der Waals surface area contributed by atoms with Crippen LogP contribution in [-0.2, 0) is 12.3 Å². The van der Waals surface area contributed by atoms with Gasteiger partial charge in [0, 0.05) is 5.75 Å². The minimum Gasteiger partial charge on any atom is -0.227 e. The van der Waals surface area contributed by atoms with Crippen LogP contribution in [0.15, 0.2) is 66.0 Å². The van der Waals surface area contributed by atoms with E-state index in [1.54, 1.807) is 28.6 Å². The fourth-order valence-electron chi connectivity index (χ4n) is 2.47. The van der Waals surface area contributed by atoms with Gasteiger partial charge in [-0.05, 0) is 23.3 Å². The first kappa shape index (κ1) is 15.7. The van der Waals surface area contributed by atoms with E-state index in [0.29, 0.717) is 17.7 Å². The van der Waals surface area contributed by atoms with Crippen molar-refractivity contribution < 1.29 is 4.39 Å². The fourth-order valence-corrected chi connectivity index (χ4v) is 3.36. The molecule has 0 aliphatic carbocycles. The lowest BCUT2D eigenvalue weighted by Crippen LogP contribution is -2.03. The van der Waals surface area contributed by atoms with E-state index in [4.69, 9.17) is 0 Å². The molecule has 7 heteroatoms. The molecule has 4 rings (SSSR count). The molecule has 0 saturated carbocycles. The highest BCUT2D eigenvalue weighted by Gasteiger charge is 2.12. The Hall–Kier alpha value is -2.80. The number of halogens is 1. The number of fused-ring (bicyclic) bond motifs is 1. The maximum atomic E-state index is 13.0. The molecule has 25 heavy (non-hydrogen) atoms. The topological polar surface area (TPSA) is 56.5 Å². The van der Waals surface area contributed by atoms with Gasteiger partial charge in [0.25, 0.3) is 0 Å². The normalized spacial score (nSPS) is 11.1. The van der Waals surface area contributed by atoms with Gasteiger partial charge in [-0.1, -0.05) is 59.4 Å². The van der Waals surface area contributed by atoms with Gasteiger partial charge in [0.2, 0.25) is 0 Å². The molecule has 2 aromatic heterocycles. The lowest BCUT2D eigenvalue weighted by Gasteiger charge is -2.03. The van der Waals surface area contributed by atoms with Gasteiger partial charge in [-0.3, -0.25) is 0 Å². The van der Waals surface area contributed by atoms with E-state index < -0.39 is 0 Å². The molecule has 0 radical (unpaired) electrons. The highest BCUT2D eigenvalue weighted by atomic mass is 32.2. The van der Waals surface area contributed by atoms with Crippen LogP contribution in [0.4, 0.5) is 4.39 Å². The molecule has 0 saturated heterocycles. The van der Waals surface area contributed by atoms with Gasteiger partial charge in [-0.2, -0.15) is 0 Å². The van der Waals surface area contributed by atoms with E-state index in [1.165, 1.54) is 24.0 Å². The summed E-state index contributed by atoms with van der Waals surface area (Å²) in [5.41, 5.74) is 3.52. The van der Waals surface area contributed by atoms with E-state index in [-0.39, 0.29) is 5.82 Å². The second-order valence-corrected chi connectivity index (χ2v) is 6.46. The van der Waals surface area contributed by atoms with E-state index in [9.17, 15) is 4.39 Å². The third-order valence-electron chi connectivity index (χ3n) is 3.73. The summed E-state index contributed by atoms with van der Waals surface area (Å²) >= 11 is 1.61. The molecule has 2 aromatic carbocycles. The Kier molecular flexibility index (Phi) is 4.39. The summed E-state index contributed by atoms with van der Waals surface area (Å²) < 4.78 is 14.7. The second kappa shape index (κ2) is 6.98. The molecule has 0 bridgehead atoms. The van der Waals surface area contributed by atoms with Crippen LogP contribution in [0, 0.1) is 5.82 Å². The van der Waals surface area contributed by atoms with Crippen LogP contribution in [0.2, 0.25) is 0 Å². The molecule has 0 spiro atoms. The largest absolute Gasteiger partial charge is 0.227 e. The standard InChI is InChI=1S/C18H14FN5S/c19-15-8-6-13(7-9-15)10-24-17-16(22-23-24)18(21-12-20-17)25-11-14-4-2-1-3-5-14/h1-9,12H,10-11H2. The van der Waals surface area contributed by atoms with Gasteiger partial charge in [-0.25, -0.2) is 19.0 Å². The smallest absolute Gasteiger partial charge is 0.183 e. The average molecular weight is 351 g/mol. The minimum atomic E-state index is -0.255. The molecule has 0 atom stereocenters. The maximum Gasteiger partial charge on any atom is 0.183 e. The number of thioether (sulfide) groups is 1. The van der Waals surface area contributed by atoms with E-state index in [1.807, 2.05) is 18.2 Å². The van der Waals surface area contributed by atoms with Crippen LogP contribution < -0.4 is 0 Å². The number of nitrogens with zero attached hydrogens (tertiary/aromatic N) is 5. The number of aromatic nitrogens is 5. The molecular formula is C18H14FN5S. The molecule has 5 nitrogen and oxygen atoms in total. The Balaban J connectivity index is 1.58. The van der Waals surface area contributed by atoms with Crippen molar-refractivity contribution in [3.05, 3.63) is 77.9 Å². The molecule has 0 N–H and O–H groups in total. The van der Waals surface area contributed by atoms with E-state index in [2.05, 4.69) is 32.4 Å². The zero-order chi connectivity index (χ0) is 17.1. The Labute approximate surface area is 147 Å². The first-order valence-electron chi connectivity index (χ1n) is 7.75. The van der Waals surface area contributed by atoms with E-state index in [0.717, 1.165) is 16.3 Å². The Morgan fingerprint density at radius 1 is 0.920 bits per heavy atom. The number of hydrogen-bond acceptors (Lipinski definition) is 5. The SMILES string of the molecule is Fc1ccc(Cn2nnc3c(SCc4ccccc4)ncnc32)cc1. The predicted octanol–water partition coefficient (Wildman–Crippen LogP) is 3.70. The molecule has 4 aromatic rings. The zero-order valence-corrected chi connectivity index (χ0v) is 14.0. The summed E-state index contributed by atoms with van der Waals surface area (Å²) in [6.07, 6.45) is 1.53. The third kappa shape index (κ3) is 3.51. The van der Waals surface area contributed by atoms with Gasteiger partial charge in [-0.15, -0.1) is 5.10 Å². The Morgan fingerprint density at radius 2 is 1.72 bits per heavy atom. The van der Waals surface area contributed by atoms with Crippen LogP contribution in [0.3, 0.4) is 0 Å². The first-order valence-corrected chi connectivity index (χ1v) is 8.73. The lowest BCUT2D eigenvalue weighted by molar-refractivity contribution is 0.623. The van der Waals surface area contributed by atoms with Gasteiger partial charge < -0.3 is 0 Å². The van der Waals surface area contributed by atoms with Gasteiger partial charge >= 0.3 is 0 Å². The van der Waals surface area contributed by atoms with Crippen LogP contribution in [0.25, 0.3) is 11.2 Å². The molecule has 0 aliphatic heterocycles. The second-order valence-electron chi connectivity index (χ2n) is 5.50. The highest BCUT2D eigenvalue weighted by molar-refractivity contribution is 7.98. The maximum absolute atomic E-state index is 13.0. The third-order valence-corrected chi connectivity index (χ3v) is 4.78. The van der Waals surface area contributed by atoms with Crippen molar-refractivity contribution in [3.63, 3.8) is 0 Å². The lowest BCUT2D eigenvalue weighted by atomic mass is 10.2. The summed E-state index contributed by atoms with van der Waals surface area (Å²) in [4.78, 5) is 8.65. The van der Waals surface area contributed by atoms with Gasteiger partial charge in [0.1, 0.15) is 17.2 Å². The monoisotopic (exact) mass is 351 g/mol. The summed E-state index contributed by atoms with van der Waals surface area (Å²) in [5, 5.41) is 9.23. The summed E-state index contributed by atoms with van der Waals surface area (Å²) in [5.74, 6) is 0.548. The average Bonchev–Trinajstić information content (AvgIpc) is 3.06. The Bertz CT molecular complexity index is 985. The molecule has 2 heterocycles. The number of benzene rings is 2. The zero-order valence-electron chi connectivity index (χ0n) is 13.2. The fraction of sp³-hybridized carbons (Fsp3) is 0.111. The van der Waals surface area contributed by atoms with Crippen LogP contribution in [0.1, 0.15) is 11.1 Å². The molecule has 0 unspecified atom stereocenters. The van der Waals surface area contributed by atoms with E-state index >= 15 is 0 Å². The predicted molar refractivity (Wildman–Crippen MR) is 94.6 cm³/mol. The number of rotatable bonds is 5. The molecular weight excluding hydrogens is 337 g/mol. The molecule has 0 aliphatic rings. The quantitative estimate of drug-likeness (QED) is 0.405. The molecule has 0 fully saturated rings. The van der Waals surface area contributed by atoms with Crippen LogP contribution in [-0.4, -0.2) is 25.0 Å².